The van der Waals surface area contributed by atoms with Gasteiger partial charge in [0.25, 0.3) is 0 Å². The van der Waals surface area contributed by atoms with Crippen molar-refractivity contribution in [2.24, 2.45) is 0 Å². The zero-order chi connectivity index (χ0) is 18.7. The van der Waals surface area contributed by atoms with E-state index in [-0.39, 0.29) is 42.6 Å². The van der Waals surface area contributed by atoms with E-state index in [1.54, 1.807) is 0 Å². The SMILES string of the molecule is CCC1=C(C(c2ccccc2)(c2ccccc2)c2ccccc2)CC=[C]1[Ti+3].[Cl-].[Cl-].[Cl-]. The summed E-state index contributed by atoms with van der Waals surface area (Å²) in [7, 11) is 0. The van der Waals surface area contributed by atoms with E-state index in [1.807, 2.05) is 0 Å². The van der Waals surface area contributed by atoms with E-state index in [4.69, 9.17) is 0 Å². The smallest absolute Gasteiger partial charge is 1.00 e. The van der Waals surface area contributed by atoms with Crippen LogP contribution in [0.25, 0.3) is 0 Å². The molecule has 0 saturated heterocycles. The van der Waals surface area contributed by atoms with E-state index in [2.05, 4.69) is 124 Å². The first kappa shape index (κ1) is 26.8. The molecule has 0 spiro atoms. The van der Waals surface area contributed by atoms with Gasteiger partial charge in [-0.15, -0.1) is 0 Å². The summed E-state index contributed by atoms with van der Waals surface area (Å²) in [6.45, 7) is 2.28. The first-order valence-electron chi connectivity index (χ1n) is 9.59. The van der Waals surface area contributed by atoms with Gasteiger partial charge >= 0.3 is 174 Å². The van der Waals surface area contributed by atoms with Crippen LogP contribution >= 0.6 is 0 Å². The van der Waals surface area contributed by atoms with E-state index in [0.29, 0.717) is 0 Å². The molecule has 4 rings (SSSR count). The van der Waals surface area contributed by atoms with Crippen molar-refractivity contribution in [3.05, 3.63) is 129 Å². The average Bonchev–Trinajstić information content (AvgIpc) is 3.12. The Balaban J connectivity index is 0.00000150. The van der Waals surface area contributed by atoms with Crippen LogP contribution < -0.4 is 37.2 Å². The zero-order valence-electron chi connectivity index (χ0n) is 16.8. The fourth-order valence-electron chi connectivity index (χ4n) is 4.48. The molecule has 0 nitrogen and oxygen atoms in total. The summed E-state index contributed by atoms with van der Waals surface area (Å²) >= 11 is 2.26. The third kappa shape index (κ3) is 4.64. The van der Waals surface area contributed by atoms with Crippen molar-refractivity contribution in [2.45, 2.75) is 25.2 Å². The Kier molecular flexibility index (Phi) is 10.6. The van der Waals surface area contributed by atoms with E-state index in [0.717, 1.165) is 12.8 Å². The summed E-state index contributed by atoms with van der Waals surface area (Å²) in [5.74, 6) is 0. The van der Waals surface area contributed by atoms with Crippen LogP contribution in [-0.4, -0.2) is 0 Å². The van der Waals surface area contributed by atoms with Gasteiger partial charge in [0.05, 0.1) is 0 Å². The van der Waals surface area contributed by atoms with Crippen LogP contribution in [0.1, 0.15) is 36.5 Å². The van der Waals surface area contributed by atoms with Crippen LogP contribution in [0.2, 0.25) is 0 Å². The molecule has 3 aromatic carbocycles. The molecule has 0 N–H and O–H groups in total. The zero-order valence-corrected chi connectivity index (χ0v) is 20.6. The molecule has 3 aromatic rings. The van der Waals surface area contributed by atoms with Crippen LogP contribution in [-0.2, 0) is 25.9 Å². The van der Waals surface area contributed by atoms with Gasteiger partial charge in [-0.3, -0.25) is 0 Å². The third-order valence-electron chi connectivity index (χ3n) is 5.63. The molecule has 152 valence electrons. The summed E-state index contributed by atoms with van der Waals surface area (Å²) in [6.07, 6.45) is 4.47. The molecule has 0 unspecified atom stereocenters. The monoisotopic (exact) mass is 488 g/mol. The summed E-state index contributed by atoms with van der Waals surface area (Å²) in [6, 6.07) is 33.0. The fraction of sp³-hybridized carbons (Fsp3) is 0.154. The molecule has 0 atom stereocenters. The molecule has 1 aliphatic rings. The fourth-order valence-corrected chi connectivity index (χ4v) is 5.15. The predicted octanol–water partition coefficient (Wildman–Crippen LogP) is -2.43. The van der Waals surface area contributed by atoms with Gasteiger partial charge in [0.15, 0.2) is 0 Å². The van der Waals surface area contributed by atoms with Gasteiger partial charge in [-0.05, 0) is 0 Å². The number of hydrogen-bond donors (Lipinski definition) is 0. The van der Waals surface area contributed by atoms with Crippen molar-refractivity contribution in [1.82, 2.24) is 0 Å². The van der Waals surface area contributed by atoms with Gasteiger partial charge in [0, 0.05) is 0 Å². The van der Waals surface area contributed by atoms with Crippen LogP contribution in [0.4, 0.5) is 0 Å². The summed E-state index contributed by atoms with van der Waals surface area (Å²) < 4.78 is 1.43. The second-order valence-corrected chi connectivity index (χ2v) is 7.82. The molecule has 0 bridgehead atoms. The molecule has 0 radical (unpaired) electrons. The molecule has 1 aliphatic carbocycles. The second-order valence-electron chi connectivity index (χ2n) is 6.98. The molecule has 30 heavy (non-hydrogen) atoms. The van der Waals surface area contributed by atoms with Crippen molar-refractivity contribution in [3.8, 4) is 0 Å². The number of rotatable bonds is 5. The molecule has 0 saturated carbocycles. The minimum atomic E-state index is -0.261. The Labute approximate surface area is 210 Å². The largest absolute Gasteiger partial charge is 1.00 e. The molecular weight excluding hydrogens is 467 g/mol. The first-order valence-corrected chi connectivity index (χ1v) is 10.4. The molecule has 0 aliphatic heterocycles. The van der Waals surface area contributed by atoms with Crippen LogP contribution in [0.15, 0.2) is 112 Å². The van der Waals surface area contributed by atoms with Crippen LogP contribution in [0.3, 0.4) is 0 Å². The van der Waals surface area contributed by atoms with E-state index in [9.17, 15) is 0 Å². The Bertz CT molecular complexity index is 884. The second kappa shape index (κ2) is 11.9. The average molecular weight is 490 g/mol. The quantitative estimate of drug-likeness (QED) is 0.276. The first-order chi connectivity index (χ1) is 13.3. The predicted molar refractivity (Wildman–Crippen MR) is 109 cm³/mol. The molecule has 0 fully saturated rings. The topological polar surface area (TPSA) is 0 Å². The Morgan fingerprint density at radius 3 is 1.37 bits per heavy atom. The van der Waals surface area contributed by atoms with Crippen molar-refractivity contribution >= 4 is 0 Å². The van der Waals surface area contributed by atoms with Crippen LogP contribution in [0.5, 0.6) is 0 Å². The van der Waals surface area contributed by atoms with E-state index in [1.165, 1.54) is 31.7 Å². The van der Waals surface area contributed by atoms with Gasteiger partial charge in [-0.2, -0.15) is 0 Å². The van der Waals surface area contributed by atoms with Gasteiger partial charge in [-0.25, -0.2) is 0 Å². The molecule has 0 aromatic heterocycles. The normalized spacial score (nSPS) is 13.0. The summed E-state index contributed by atoms with van der Waals surface area (Å²) in [4.78, 5) is 0. The van der Waals surface area contributed by atoms with Crippen molar-refractivity contribution in [2.75, 3.05) is 0 Å². The standard InChI is InChI=1S/C26H23.3ClH.Ti/c1-2-21-13-12-20-25(21)26(22-14-6-3-7-15-22,23-16-8-4-9-17-23)24-18-10-5-11-19-24;;;;/h3-12,14-19H,2,20H2,1H3;3*1H;/q;;;;+3/p-3. The maximum absolute atomic E-state index is 2.40. The maximum atomic E-state index is 2.40. The van der Waals surface area contributed by atoms with Gasteiger partial charge in [-0.1, -0.05) is 0 Å². The van der Waals surface area contributed by atoms with Crippen molar-refractivity contribution in [3.63, 3.8) is 0 Å². The number of allylic oxidation sites excluding steroid dienone is 4. The summed E-state index contributed by atoms with van der Waals surface area (Å²) in [5.41, 5.74) is 6.78. The molecule has 4 heteroatoms. The van der Waals surface area contributed by atoms with Crippen LogP contribution in [0, 0.1) is 0 Å². The van der Waals surface area contributed by atoms with E-state index < -0.39 is 0 Å². The molecular formula is C26H23Cl3Ti. The minimum absolute atomic E-state index is 0. The third-order valence-corrected chi connectivity index (χ3v) is 6.42. The number of halogens is 3. The van der Waals surface area contributed by atoms with E-state index >= 15 is 0 Å². The van der Waals surface area contributed by atoms with Gasteiger partial charge < -0.3 is 37.2 Å². The number of hydrogen-bond acceptors (Lipinski definition) is 0. The van der Waals surface area contributed by atoms with Gasteiger partial charge in [0.1, 0.15) is 0 Å². The molecule has 0 heterocycles. The maximum Gasteiger partial charge on any atom is -1.00 e. The molecule has 0 amide bonds. The van der Waals surface area contributed by atoms with Gasteiger partial charge in [0.2, 0.25) is 0 Å². The minimum Gasteiger partial charge on any atom is -1.00 e. The van der Waals surface area contributed by atoms with Crippen molar-refractivity contribution < 1.29 is 57.7 Å². The Hall–Kier alpha value is -1.28. The summed E-state index contributed by atoms with van der Waals surface area (Å²) in [5, 5.41) is 0. The Morgan fingerprint density at radius 1 is 0.667 bits per heavy atom. The van der Waals surface area contributed by atoms with Crippen molar-refractivity contribution in [1.29, 1.82) is 0 Å². The Morgan fingerprint density at radius 2 is 1.03 bits per heavy atom. The number of benzene rings is 3.